The van der Waals surface area contributed by atoms with E-state index in [0.717, 1.165) is 5.57 Å². The van der Waals surface area contributed by atoms with Gasteiger partial charge in [-0.15, -0.1) is 11.8 Å². The number of hydrogen-bond donors (Lipinski definition) is 1. The fourth-order valence-electron chi connectivity index (χ4n) is 1.57. The molecule has 5 nitrogen and oxygen atoms in total. The van der Waals surface area contributed by atoms with Crippen LogP contribution in [0.4, 0.5) is 0 Å². The van der Waals surface area contributed by atoms with Gasteiger partial charge in [-0.2, -0.15) is 0 Å². The Balaban J connectivity index is 1.92. The molecule has 0 aromatic heterocycles. The number of carbonyl (C=O) groups excluding carboxylic acids is 2. The molecule has 0 radical (unpaired) electrons. The molecule has 0 aromatic carbocycles. The van der Waals surface area contributed by atoms with E-state index in [1.54, 1.807) is 4.90 Å². The van der Waals surface area contributed by atoms with E-state index in [-0.39, 0.29) is 29.9 Å². The summed E-state index contributed by atoms with van der Waals surface area (Å²) in [4.78, 5) is 23.6. The minimum Gasteiger partial charge on any atom is -0.461 e. The van der Waals surface area contributed by atoms with Crippen molar-refractivity contribution in [2.45, 2.75) is 18.3 Å². The molecule has 0 spiro atoms. The molecule has 82 valence electrons. The first-order valence-corrected chi connectivity index (χ1v) is 5.56. The van der Waals surface area contributed by atoms with E-state index in [2.05, 4.69) is 0 Å². The zero-order chi connectivity index (χ0) is 11.0. The molecule has 0 saturated carbocycles. The van der Waals surface area contributed by atoms with E-state index < -0.39 is 0 Å². The molecule has 2 N–H and O–H groups in total. The Labute approximate surface area is 91.6 Å². The molecule has 2 aliphatic heterocycles. The third-order valence-electron chi connectivity index (χ3n) is 2.39. The average Bonchev–Trinajstić information content (AvgIpc) is 2.24. The molecular formula is C9H12N2O3S. The van der Waals surface area contributed by atoms with Crippen LogP contribution in [0.2, 0.25) is 0 Å². The quantitative estimate of drug-likeness (QED) is 0.518. The van der Waals surface area contributed by atoms with E-state index in [1.165, 1.54) is 18.7 Å². The van der Waals surface area contributed by atoms with Gasteiger partial charge in [-0.05, 0) is 11.0 Å². The third kappa shape index (κ3) is 1.87. The number of esters is 1. The normalized spacial score (nSPS) is 29.1. The van der Waals surface area contributed by atoms with Crippen LogP contribution in [0.25, 0.3) is 0 Å². The van der Waals surface area contributed by atoms with Gasteiger partial charge in [0.05, 0.1) is 0 Å². The first kappa shape index (κ1) is 10.5. The largest absolute Gasteiger partial charge is 0.461 e. The van der Waals surface area contributed by atoms with E-state index in [4.69, 9.17) is 10.5 Å². The van der Waals surface area contributed by atoms with Crippen LogP contribution in [-0.4, -0.2) is 41.3 Å². The van der Waals surface area contributed by atoms with Gasteiger partial charge < -0.3 is 15.4 Å². The number of ether oxygens (including phenoxy) is 1. The molecule has 6 heteroatoms. The van der Waals surface area contributed by atoms with Crippen LogP contribution < -0.4 is 5.73 Å². The molecule has 0 aromatic rings. The zero-order valence-corrected chi connectivity index (χ0v) is 9.12. The molecule has 1 amide bonds. The first-order chi connectivity index (χ1) is 7.09. The highest BCUT2D eigenvalue weighted by molar-refractivity contribution is 8.02. The highest BCUT2D eigenvalue weighted by Gasteiger charge is 2.46. The van der Waals surface area contributed by atoms with Crippen LogP contribution in [0.15, 0.2) is 11.0 Å². The minimum absolute atomic E-state index is 0.0269. The molecule has 0 bridgehead atoms. The summed E-state index contributed by atoms with van der Waals surface area (Å²) in [5, 5.41) is 2.00. The van der Waals surface area contributed by atoms with Crippen molar-refractivity contribution in [3.63, 3.8) is 0 Å². The fourth-order valence-corrected chi connectivity index (χ4v) is 2.66. The monoisotopic (exact) mass is 228 g/mol. The van der Waals surface area contributed by atoms with Crippen LogP contribution in [0, 0.1) is 0 Å². The summed E-state index contributed by atoms with van der Waals surface area (Å²) in [6.45, 7) is 2.15. The number of thioether (sulfide) groups is 1. The number of hydrogen-bond acceptors (Lipinski definition) is 5. The summed E-state index contributed by atoms with van der Waals surface area (Å²) < 4.78 is 4.86. The maximum Gasteiger partial charge on any atom is 0.302 e. The molecule has 2 heterocycles. The molecular weight excluding hydrogens is 216 g/mol. The van der Waals surface area contributed by atoms with Crippen molar-refractivity contribution < 1.29 is 14.3 Å². The summed E-state index contributed by atoms with van der Waals surface area (Å²) in [7, 11) is 0. The second-order valence-corrected chi connectivity index (χ2v) is 4.57. The van der Waals surface area contributed by atoms with Crippen molar-refractivity contribution in [2.24, 2.45) is 5.73 Å². The van der Waals surface area contributed by atoms with Crippen molar-refractivity contribution >= 4 is 23.6 Å². The molecule has 1 fully saturated rings. The Hall–Kier alpha value is -1.01. The fraction of sp³-hybridized carbons (Fsp3) is 0.556. The Morgan fingerprint density at radius 3 is 3.20 bits per heavy atom. The standard InChI is InChI=1S/C9H12N2O3S/c1-5(12)14-3-6-2-11-8(13)7(10)9(11)15-4-6/h4,7,9H,2-3,10H2,1H3. The lowest BCUT2D eigenvalue weighted by Gasteiger charge is -2.46. The maximum atomic E-state index is 11.3. The van der Waals surface area contributed by atoms with Crippen LogP contribution in [0.1, 0.15) is 6.92 Å². The Kier molecular flexibility index (Phi) is 2.70. The first-order valence-electron chi connectivity index (χ1n) is 4.62. The van der Waals surface area contributed by atoms with Gasteiger partial charge in [-0.3, -0.25) is 9.59 Å². The van der Waals surface area contributed by atoms with Crippen LogP contribution in [0.5, 0.6) is 0 Å². The van der Waals surface area contributed by atoms with Gasteiger partial charge in [0.15, 0.2) is 0 Å². The highest BCUT2D eigenvalue weighted by Crippen LogP contribution is 2.34. The number of fused-ring (bicyclic) bond motifs is 1. The summed E-state index contributed by atoms with van der Waals surface area (Å²) in [6.07, 6.45) is 0. The maximum absolute atomic E-state index is 11.3. The van der Waals surface area contributed by atoms with Crippen molar-refractivity contribution in [3.8, 4) is 0 Å². The van der Waals surface area contributed by atoms with Crippen LogP contribution in [-0.2, 0) is 14.3 Å². The predicted molar refractivity (Wildman–Crippen MR) is 55.8 cm³/mol. The van der Waals surface area contributed by atoms with E-state index in [9.17, 15) is 9.59 Å². The lowest BCUT2D eigenvalue weighted by Crippen LogP contribution is -2.68. The van der Waals surface area contributed by atoms with Crippen molar-refractivity contribution in [1.82, 2.24) is 4.90 Å². The SMILES string of the molecule is CC(=O)OCC1=CSC2C(N)C(=O)N2C1. The Morgan fingerprint density at radius 2 is 2.53 bits per heavy atom. The number of nitrogens with two attached hydrogens (primary N) is 1. The molecule has 15 heavy (non-hydrogen) atoms. The lowest BCUT2D eigenvalue weighted by atomic mass is 10.1. The Bertz CT molecular complexity index is 342. The lowest BCUT2D eigenvalue weighted by molar-refractivity contribution is -0.143. The molecule has 2 rings (SSSR count). The number of rotatable bonds is 2. The van der Waals surface area contributed by atoms with Gasteiger partial charge in [0.1, 0.15) is 18.0 Å². The zero-order valence-electron chi connectivity index (χ0n) is 8.30. The summed E-state index contributed by atoms with van der Waals surface area (Å²) in [6, 6.07) is -0.374. The second kappa shape index (κ2) is 3.86. The van der Waals surface area contributed by atoms with E-state index >= 15 is 0 Å². The van der Waals surface area contributed by atoms with Gasteiger partial charge >= 0.3 is 5.97 Å². The highest BCUT2D eigenvalue weighted by atomic mass is 32.2. The van der Waals surface area contributed by atoms with Crippen LogP contribution >= 0.6 is 11.8 Å². The van der Waals surface area contributed by atoms with Crippen molar-refractivity contribution in [3.05, 3.63) is 11.0 Å². The minimum atomic E-state index is -0.374. The van der Waals surface area contributed by atoms with Crippen LogP contribution in [0.3, 0.4) is 0 Å². The number of β-lactam (4-membered cyclic amide) rings is 1. The smallest absolute Gasteiger partial charge is 0.302 e. The Morgan fingerprint density at radius 1 is 1.80 bits per heavy atom. The number of amides is 1. The number of carbonyl (C=O) groups is 2. The molecule has 2 unspecified atom stereocenters. The van der Waals surface area contributed by atoms with Gasteiger partial charge in [-0.25, -0.2) is 0 Å². The predicted octanol–water partition coefficient (Wildman–Crippen LogP) is -0.324. The molecule has 0 aliphatic carbocycles. The number of nitrogens with zero attached hydrogens (tertiary/aromatic N) is 1. The van der Waals surface area contributed by atoms with Gasteiger partial charge in [-0.1, -0.05) is 0 Å². The average molecular weight is 228 g/mol. The van der Waals surface area contributed by atoms with Gasteiger partial charge in [0.2, 0.25) is 5.91 Å². The van der Waals surface area contributed by atoms with E-state index in [1.807, 2.05) is 5.41 Å². The van der Waals surface area contributed by atoms with Crippen molar-refractivity contribution in [2.75, 3.05) is 13.2 Å². The summed E-state index contributed by atoms with van der Waals surface area (Å²) in [5.74, 6) is -0.337. The van der Waals surface area contributed by atoms with Gasteiger partial charge in [0, 0.05) is 13.5 Å². The molecule has 2 atom stereocenters. The molecule has 2 aliphatic rings. The third-order valence-corrected chi connectivity index (χ3v) is 3.69. The van der Waals surface area contributed by atoms with Gasteiger partial charge in [0.25, 0.3) is 0 Å². The summed E-state index contributed by atoms with van der Waals surface area (Å²) >= 11 is 1.51. The second-order valence-electron chi connectivity index (χ2n) is 3.57. The van der Waals surface area contributed by atoms with E-state index in [0.29, 0.717) is 6.54 Å². The topological polar surface area (TPSA) is 72.6 Å². The molecule has 1 saturated heterocycles. The van der Waals surface area contributed by atoms with Crippen molar-refractivity contribution in [1.29, 1.82) is 0 Å². The summed E-state index contributed by atoms with van der Waals surface area (Å²) in [5.41, 5.74) is 6.55.